The van der Waals surface area contributed by atoms with E-state index >= 15 is 0 Å². The lowest BCUT2D eigenvalue weighted by molar-refractivity contribution is -0.134. The highest BCUT2D eigenvalue weighted by molar-refractivity contribution is 8.04. The van der Waals surface area contributed by atoms with Crippen molar-refractivity contribution >= 4 is 52.7 Å². The fraction of sp³-hybridized carbons (Fsp3) is 0.211. The van der Waals surface area contributed by atoms with Gasteiger partial charge in [0.2, 0.25) is 0 Å². The Balaban J connectivity index is 1.91. The molecule has 3 aliphatic rings. The maximum atomic E-state index is 12.7. The number of barbiturate groups is 1. The van der Waals surface area contributed by atoms with Crippen molar-refractivity contribution in [3.63, 3.8) is 0 Å². The molecule has 1 aromatic carbocycles. The third-order valence-corrected chi connectivity index (χ3v) is 7.77. The Bertz CT molecular complexity index is 1260. The van der Waals surface area contributed by atoms with Crippen LogP contribution in [0.2, 0.25) is 0 Å². The summed E-state index contributed by atoms with van der Waals surface area (Å²) in [6.07, 6.45) is 0. The summed E-state index contributed by atoms with van der Waals surface area (Å²) >= 11 is 1.85. The zero-order valence-electron chi connectivity index (χ0n) is 17.1. The average Bonchev–Trinajstić information content (AvgIpc) is 3.29. The van der Waals surface area contributed by atoms with E-state index in [2.05, 4.69) is 0 Å². The third-order valence-electron chi connectivity index (χ3n) is 5.25. The Morgan fingerprint density at radius 3 is 1.75 bits per heavy atom. The van der Waals surface area contributed by atoms with Crippen molar-refractivity contribution in [2.75, 3.05) is 38.0 Å². The minimum absolute atomic E-state index is 0.147. The monoisotopic (exact) mass is 470 g/mol. The predicted molar refractivity (Wildman–Crippen MR) is 115 cm³/mol. The van der Waals surface area contributed by atoms with Gasteiger partial charge in [-0.2, -0.15) is 10.5 Å². The van der Waals surface area contributed by atoms with E-state index in [1.54, 1.807) is 19.2 Å². The van der Waals surface area contributed by atoms with Gasteiger partial charge in [0.15, 0.2) is 17.1 Å². The van der Waals surface area contributed by atoms with Crippen LogP contribution in [-0.2, 0) is 9.59 Å². The number of urea groups is 1. The summed E-state index contributed by atoms with van der Waals surface area (Å²) in [5.74, 6) is -2.07. The SMILES string of the molecule is CN1C(=O)C(=C2Sc3c(O)c4c(c(O)c3N2C)SC(=C(C#N)C#N)N4C)C(=O)N(C)C1=O. The summed E-state index contributed by atoms with van der Waals surface area (Å²) < 4.78 is 0. The highest BCUT2D eigenvalue weighted by atomic mass is 32.2. The molecular weight excluding hydrogens is 456 g/mol. The van der Waals surface area contributed by atoms with Gasteiger partial charge in [-0.25, -0.2) is 4.79 Å². The molecule has 1 saturated heterocycles. The standard InChI is InChI=1S/C19H14N6O5S2/c1-22-9-11(26)14-10(12(27)13(9)31-17(22)7(5-20)6-21)23(2)18(32-14)8-15(28)24(3)19(30)25(4)16(8)29/h26-27H,1-4H3. The second-order valence-corrected chi connectivity index (χ2v) is 8.97. The lowest BCUT2D eigenvalue weighted by Crippen LogP contribution is -2.53. The number of nitriles is 2. The number of nitrogens with zero attached hydrogens (tertiary/aromatic N) is 6. The van der Waals surface area contributed by atoms with Crippen LogP contribution >= 0.6 is 23.5 Å². The first-order valence-corrected chi connectivity index (χ1v) is 10.5. The van der Waals surface area contributed by atoms with Gasteiger partial charge in [0.1, 0.15) is 34.1 Å². The van der Waals surface area contributed by atoms with Crippen molar-refractivity contribution in [1.29, 1.82) is 10.5 Å². The average molecular weight is 470 g/mol. The number of aromatic hydroxyl groups is 2. The van der Waals surface area contributed by atoms with Crippen LogP contribution in [0.25, 0.3) is 0 Å². The molecule has 0 bridgehead atoms. The number of imide groups is 2. The predicted octanol–water partition coefficient (Wildman–Crippen LogP) is 1.70. The lowest BCUT2D eigenvalue weighted by atomic mass is 10.1. The maximum absolute atomic E-state index is 12.7. The molecule has 3 heterocycles. The summed E-state index contributed by atoms with van der Waals surface area (Å²) in [5.41, 5.74) is -0.0861. The molecule has 0 spiro atoms. The van der Waals surface area contributed by atoms with Gasteiger partial charge in [-0.15, -0.1) is 0 Å². The number of phenolic OH excluding ortho intramolecular Hbond substituents is 2. The number of rotatable bonds is 0. The third kappa shape index (κ3) is 2.58. The first-order valence-electron chi connectivity index (χ1n) is 8.90. The summed E-state index contributed by atoms with van der Waals surface area (Å²) in [4.78, 5) is 42.4. The van der Waals surface area contributed by atoms with E-state index in [0.29, 0.717) is 0 Å². The molecule has 3 aliphatic heterocycles. The Morgan fingerprint density at radius 2 is 1.25 bits per heavy atom. The molecule has 0 aromatic heterocycles. The molecule has 32 heavy (non-hydrogen) atoms. The number of phenols is 2. The number of benzene rings is 1. The molecule has 0 radical (unpaired) electrons. The van der Waals surface area contributed by atoms with Crippen molar-refractivity contribution in [1.82, 2.24) is 9.80 Å². The van der Waals surface area contributed by atoms with Crippen LogP contribution in [0.1, 0.15) is 0 Å². The Kier molecular flexibility index (Phi) is 4.76. The van der Waals surface area contributed by atoms with Gasteiger partial charge in [0.05, 0.1) is 14.8 Å². The molecule has 11 nitrogen and oxygen atoms in total. The number of amides is 4. The Hall–Kier alpha value is -3.81. The fourth-order valence-corrected chi connectivity index (χ4v) is 5.93. The first kappa shape index (κ1) is 21.4. The maximum Gasteiger partial charge on any atom is 0.333 e. The molecule has 4 rings (SSSR count). The summed E-state index contributed by atoms with van der Waals surface area (Å²) in [6, 6.07) is 2.82. The summed E-state index contributed by atoms with van der Waals surface area (Å²) in [6.45, 7) is 0. The molecule has 0 saturated carbocycles. The second-order valence-electron chi connectivity index (χ2n) is 6.97. The number of anilines is 2. The highest BCUT2D eigenvalue weighted by Crippen LogP contribution is 2.65. The quantitative estimate of drug-likeness (QED) is 0.247. The van der Waals surface area contributed by atoms with Gasteiger partial charge in [-0.05, 0) is 0 Å². The minimum Gasteiger partial charge on any atom is -0.505 e. The Morgan fingerprint density at radius 1 is 0.781 bits per heavy atom. The number of hydrogen-bond acceptors (Lipinski definition) is 11. The zero-order valence-corrected chi connectivity index (χ0v) is 18.8. The van der Waals surface area contributed by atoms with Crippen LogP contribution < -0.4 is 9.80 Å². The number of likely N-dealkylation sites (N-methyl/N-ethyl adjacent to an activating group) is 2. The van der Waals surface area contributed by atoms with Crippen LogP contribution in [0.15, 0.2) is 31.0 Å². The molecule has 0 unspecified atom stereocenters. The molecule has 13 heteroatoms. The number of fused-ring (bicyclic) bond motifs is 2. The van der Waals surface area contributed by atoms with Crippen molar-refractivity contribution in [3.05, 3.63) is 21.2 Å². The van der Waals surface area contributed by atoms with E-state index < -0.39 is 17.8 Å². The number of carbonyl (C=O) groups excluding carboxylic acids is 3. The van der Waals surface area contributed by atoms with Crippen molar-refractivity contribution in [3.8, 4) is 23.6 Å². The zero-order chi connectivity index (χ0) is 23.6. The normalized spacial score (nSPS) is 17.7. The lowest BCUT2D eigenvalue weighted by Gasteiger charge is -2.30. The Labute approximate surface area is 190 Å². The van der Waals surface area contributed by atoms with Gasteiger partial charge in [0.25, 0.3) is 11.8 Å². The van der Waals surface area contributed by atoms with Crippen LogP contribution in [0.4, 0.5) is 16.2 Å². The molecule has 1 fully saturated rings. The molecule has 2 N–H and O–H groups in total. The second kappa shape index (κ2) is 7.12. The molecule has 0 aliphatic carbocycles. The van der Waals surface area contributed by atoms with Crippen molar-refractivity contribution in [2.45, 2.75) is 9.79 Å². The van der Waals surface area contributed by atoms with Gasteiger partial charge in [0, 0.05) is 28.2 Å². The smallest absolute Gasteiger partial charge is 0.333 e. The van der Waals surface area contributed by atoms with Crippen molar-refractivity contribution < 1.29 is 24.6 Å². The van der Waals surface area contributed by atoms with Crippen LogP contribution in [0, 0.1) is 22.7 Å². The van der Waals surface area contributed by atoms with E-state index in [4.69, 9.17) is 0 Å². The van der Waals surface area contributed by atoms with E-state index in [9.17, 15) is 35.1 Å². The summed E-state index contributed by atoms with van der Waals surface area (Å²) in [7, 11) is 5.57. The highest BCUT2D eigenvalue weighted by Gasteiger charge is 2.45. The van der Waals surface area contributed by atoms with Gasteiger partial charge in [-0.1, -0.05) is 23.5 Å². The minimum atomic E-state index is -0.795. The van der Waals surface area contributed by atoms with Crippen LogP contribution in [0.3, 0.4) is 0 Å². The van der Waals surface area contributed by atoms with E-state index in [1.807, 2.05) is 0 Å². The number of carbonyl (C=O) groups is 3. The molecule has 1 aromatic rings. The molecule has 162 valence electrons. The number of hydrogen-bond donors (Lipinski definition) is 2. The first-order chi connectivity index (χ1) is 15.1. The van der Waals surface area contributed by atoms with Gasteiger partial charge in [-0.3, -0.25) is 19.4 Å². The molecule has 0 atom stereocenters. The van der Waals surface area contributed by atoms with Crippen LogP contribution in [-0.4, -0.2) is 66.0 Å². The van der Waals surface area contributed by atoms with E-state index in [0.717, 1.165) is 33.3 Å². The van der Waals surface area contributed by atoms with Gasteiger partial charge < -0.3 is 20.0 Å². The fourth-order valence-electron chi connectivity index (χ4n) is 3.57. The van der Waals surface area contributed by atoms with Crippen molar-refractivity contribution in [2.24, 2.45) is 0 Å². The van der Waals surface area contributed by atoms with E-state index in [-0.39, 0.29) is 53.9 Å². The number of allylic oxidation sites excluding steroid dienone is 1. The topological polar surface area (TPSA) is 152 Å². The van der Waals surface area contributed by atoms with Gasteiger partial charge >= 0.3 is 6.03 Å². The largest absolute Gasteiger partial charge is 0.505 e. The number of thioether (sulfide) groups is 2. The van der Waals surface area contributed by atoms with E-state index in [1.165, 1.54) is 30.9 Å². The summed E-state index contributed by atoms with van der Waals surface area (Å²) in [5, 5.41) is 40.8. The van der Waals surface area contributed by atoms with Crippen LogP contribution in [0.5, 0.6) is 11.5 Å². The molecule has 4 amide bonds. The molecular formula is C19H14N6O5S2.